The number of hydrogen-bond donors (Lipinski definition) is 3. The molecule has 0 bridgehead atoms. The van der Waals surface area contributed by atoms with Crippen molar-refractivity contribution in [2.75, 3.05) is 10.6 Å². The van der Waals surface area contributed by atoms with Crippen LogP contribution in [0, 0.1) is 0 Å². The van der Waals surface area contributed by atoms with E-state index in [4.69, 9.17) is 5.14 Å². The number of nitrogens with one attached hydrogen (secondary N) is 2. The third-order valence-electron chi connectivity index (χ3n) is 2.25. The Kier molecular flexibility index (Phi) is 3.91. The molecule has 4 N–H and O–H groups in total. The lowest BCUT2D eigenvalue weighted by molar-refractivity contribution is 0.262. The number of nitrogens with zero attached hydrogens (tertiary/aromatic N) is 2. The van der Waals surface area contributed by atoms with Crippen molar-refractivity contribution in [3.05, 3.63) is 42.9 Å². The minimum Gasteiger partial charge on any atom is -0.308 e. The standard InChI is InChI=1S/C11H11N5O3S/c12-20(18,19)9-3-1-8(2-4-9)15-11(17)16-10-7-13-5-6-14-10/h1-7H,(H2,12,18,19)(H2,14,15,16,17). The first kappa shape index (κ1) is 13.9. The fourth-order valence-corrected chi connectivity index (χ4v) is 1.89. The van der Waals surface area contributed by atoms with Crippen molar-refractivity contribution in [2.45, 2.75) is 4.90 Å². The molecule has 0 spiro atoms. The van der Waals surface area contributed by atoms with Crippen LogP contribution < -0.4 is 15.8 Å². The fourth-order valence-electron chi connectivity index (χ4n) is 1.37. The Morgan fingerprint density at radius 1 is 1.10 bits per heavy atom. The van der Waals surface area contributed by atoms with E-state index in [2.05, 4.69) is 20.6 Å². The maximum atomic E-state index is 11.6. The number of rotatable bonds is 3. The summed E-state index contributed by atoms with van der Waals surface area (Å²) in [5.41, 5.74) is 0.416. The molecule has 0 saturated heterocycles. The van der Waals surface area contributed by atoms with Crippen LogP contribution in [-0.4, -0.2) is 24.4 Å². The van der Waals surface area contributed by atoms with Crippen LogP contribution in [0.2, 0.25) is 0 Å². The molecular formula is C11H11N5O3S. The molecule has 0 saturated carbocycles. The monoisotopic (exact) mass is 293 g/mol. The van der Waals surface area contributed by atoms with Gasteiger partial charge >= 0.3 is 6.03 Å². The Hall–Kier alpha value is -2.52. The molecule has 2 rings (SSSR count). The van der Waals surface area contributed by atoms with Crippen molar-refractivity contribution in [3.63, 3.8) is 0 Å². The molecule has 0 aliphatic heterocycles. The number of amides is 2. The van der Waals surface area contributed by atoms with E-state index in [0.29, 0.717) is 11.5 Å². The van der Waals surface area contributed by atoms with Crippen LogP contribution in [0.25, 0.3) is 0 Å². The first-order chi connectivity index (χ1) is 9.45. The minimum atomic E-state index is -3.74. The predicted octanol–water partition coefficient (Wildman–Crippen LogP) is 0.768. The summed E-state index contributed by atoms with van der Waals surface area (Å²) in [5.74, 6) is 0.297. The van der Waals surface area contributed by atoms with Gasteiger partial charge in [-0.15, -0.1) is 0 Å². The second kappa shape index (κ2) is 5.63. The molecule has 0 fully saturated rings. The Labute approximate surface area is 115 Å². The normalized spacial score (nSPS) is 10.8. The highest BCUT2D eigenvalue weighted by molar-refractivity contribution is 7.89. The summed E-state index contributed by atoms with van der Waals surface area (Å²) in [6.07, 6.45) is 4.31. The van der Waals surface area contributed by atoms with Crippen LogP contribution in [0.15, 0.2) is 47.8 Å². The summed E-state index contributed by atoms with van der Waals surface area (Å²) in [6, 6.07) is 4.93. The Balaban J connectivity index is 2.02. The van der Waals surface area contributed by atoms with Gasteiger partial charge in [-0.25, -0.2) is 23.3 Å². The van der Waals surface area contributed by atoms with Gasteiger partial charge in [-0.3, -0.25) is 10.3 Å². The maximum Gasteiger partial charge on any atom is 0.324 e. The Bertz CT molecular complexity index is 701. The lowest BCUT2D eigenvalue weighted by Crippen LogP contribution is -2.20. The van der Waals surface area contributed by atoms with Crippen LogP contribution in [0.5, 0.6) is 0 Å². The molecule has 2 amide bonds. The van der Waals surface area contributed by atoms with Crippen molar-refractivity contribution < 1.29 is 13.2 Å². The van der Waals surface area contributed by atoms with E-state index in [0.717, 1.165) is 0 Å². The molecule has 0 unspecified atom stereocenters. The maximum absolute atomic E-state index is 11.6. The number of nitrogens with two attached hydrogens (primary N) is 1. The van der Waals surface area contributed by atoms with Crippen molar-refractivity contribution in [1.29, 1.82) is 0 Å². The number of urea groups is 1. The van der Waals surface area contributed by atoms with Gasteiger partial charge in [0.15, 0.2) is 5.82 Å². The van der Waals surface area contributed by atoms with Gasteiger partial charge in [0.25, 0.3) is 0 Å². The summed E-state index contributed by atoms with van der Waals surface area (Å²) in [7, 11) is -3.74. The van der Waals surface area contributed by atoms with Gasteiger partial charge in [0, 0.05) is 18.1 Å². The number of primary sulfonamides is 1. The summed E-state index contributed by atoms with van der Waals surface area (Å²) in [5, 5.41) is 9.95. The highest BCUT2D eigenvalue weighted by Crippen LogP contribution is 2.13. The first-order valence-electron chi connectivity index (χ1n) is 5.42. The number of hydrogen-bond acceptors (Lipinski definition) is 5. The average Bonchev–Trinajstić information content (AvgIpc) is 2.39. The van der Waals surface area contributed by atoms with Crippen LogP contribution in [0.4, 0.5) is 16.3 Å². The van der Waals surface area contributed by atoms with Gasteiger partial charge in [0.2, 0.25) is 10.0 Å². The molecule has 0 atom stereocenters. The summed E-state index contributed by atoms with van der Waals surface area (Å²) >= 11 is 0. The zero-order valence-electron chi connectivity index (χ0n) is 10.1. The van der Waals surface area contributed by atoms with E-state index >= 15 is 0 Å². The lowest BCUT2D eigenvalue weighted by Gasteiger charge is -2.07. The summed E-state index contributed by atoms with van der Waals surface area (Å²) in [6.45, 7) is 0. The van der Waals surface area contributed by atoms with E-state index in [1.807, 2.05) is 0 Å². The number of benzene rings is 1. The van der Waals surface area contributed by atoms with Gasteiger partial charge in [-0.05, 0) is 24.3 Å². The quantitative estimate of drug-likeness (QED) is 0.770. The number of sulfonamides is 1. The Morgan fingerprint density at radius 2 is 1.80 bits per heavy atom. The molecule has 1 aromatic heterocycles. The summed E-state index contributed by atoms with van der Waals surface area (Å²) in [4.78, 5) is 19.3. The fraction of sp³-hybridized carbons (Fsp3) is 0. The lowest BCUT2D eigenvalue weighted by atomic mass is 10.3. The SMILES string of the molecule is NS(=O)(=O)c1ccc(NC(=O)Nc2cnccn2)cc1. The highest BCUT2D eigenvalue weighted by Gasteiger charge is 2.08. The predicted molar refractivity (Wildman–Crippen MR) is 72.5 cm³/mol. The molecule has 20 heavy (non-hydrogen) atoms. The molecule has 8 nitrogen and oxygen atoms in total. The average molecular weight is 293 g/mol. The van der Waals surface area contributed by atoms with Crippen molar-refractivity contribution in [2.24, 2.45) is 5.14 Å². The van der Waals surface area contributed by atoms with E-state index in [9.17, 15) is 13.2 Å². The third-order valence-corrected chi connectivity index (χ3v) is 3.17. The zero-order valence-corrected chi connectivity index (χ0v) is 11.0. The summed E-state index contributed by atoms with van der Waals surface area (Å²) < 4.78 is 22.1. The Morgan fingerprint density at radius 3 is 2.35 bits per heavy atom. The molecule has 9 heteroatoms. The topological polar surface area (TPSA) is 127 Å². The van der Waals surface area contributed by atoms with Gasteiger partial charge in [-0.1, -0.05) is 0 Å². The van der Waals surface area contributed by atoms with Gasteiger partial charge in [-0.2, -0.15) is 0 Å². The van der Waals surface area contributed by atoms with Gasteiger partial charge < -0.3 is 5.32 Å². The first-order valence-corrected chi connectivity index (χ1v) is 6.97. The molecule has 104 valence electrons. The van der Waals surface area contributed by atoms with Crippen molar-refractivity contribution in [3.8, 4) is 0 Å². The van der Waals surface area contributed by atoms with Crippen LogP contribution in [0.3, 0.4) is 0 Å². The molecule has 1 heterocycles. The smallest absolute Gasteiger partial charge is 0.308 e. The highest BCUT2D eigenvalue weighted by atomic mass is 32.2. The molecule has 2 aromatic rings. The largest absolute Gasteiger partial charge is 0.324 e. The van der Waals surface area contributed by atoms with Crippen LogP contribution in [0.1, 0.15) is 0 Å². The molecule has 0 radical (unpaired) electrons. The van der Waals surface area contributed by atoms with Gasteiger partial charge in [0.1, 0.15) is 0 Å². The van der Waals surface area contributed by atoms with Crippen LogP contribution >= 0.6 is 0 Å². The number of aromatic nitrogens is 2. The second-order valence-electron chi connectivity index (χ2n) is 3.74. The zero-order chi connectivity index (χ0) is 14.6. The van der Waals surface area contributed by atoms with E-state index in [-0.39, 0.29) is 4.90 Å². The van der Waals surface area contributed by atoms with Crippen LogP contribution in [-0.2, 0) is 10.0 Å². The number of carbonyl (C=O) groups is 1. The van der Waals surface area contributed by atoms with E-state index in [1.165, 1.54) is 42.9 Å². The number of carbonyl (C=O) groups excluding carboxylic acids is 1. The molecule has 1 aromatic carbocycles. The number of anilines is 2. The van der Waals surface area contributed by atoms with E-state index < -0.39 is 16.1 Å². The van der Waals surface area contributed by atoms with E-state index in [1.54, 1.807) is 0 Å². The minimum absolute atomic E-state index is 0.0302. The van der Waals surface area contributed by atoms with Crippen molar-refractivity contribution in [1.82, 2.24) is 9.97 Å². The van der Waals surface area contributed by atoms with Crippen molar-refractivity contribution >= 4 is 27.6 Å². The van der Waals surface area contributed by atoms with Gasteiger partial charge in [0.05, 0.1) is 11.1 Å². The molecule has 0 aliphatic rings. The molecule has 0 aliphatic carbocycles. The third kappa shape index (κ3) is 3.73. The molecular weight excluding hydrogens is 282 g/mol. The second-order valence-corrected chi connectivity index (χ2v) is 5.30.